The summed E-state index contributed by atoms with van der Waals surface area (Å²) in [5.41, 5.74) is 1.78. The Bertz CT molecular complexity index is 1440. The number of benzene rings is 1. The normalized spacial score (nSPS) is 23.4. The largest absolute Gasteiger partial charge is 0.415 e. The van der Waals surface area contributed by atoms with Crippen LogP contribution in [0.5, 0.6) is 0 Å². The van der Waals surface area contributed by atoms with Crippen LogP contribution in [0.15, 0.2) is 47.0 Å². The van der Waals surface area contributed by atoms with Gasteiger partial charge in [-0.15, -0.1) is 10.2 Å². The van der Waals surface area contributed by atoms with Crippen LogP contribution in [0.1, 0.15) is 45.1 Å². The van der Waals surface area contributed by atoms with Gasteiger partial charge in [-0.1, -0.05) is 11.3 Å². The lowest BCUT2D eigenvalue weighted by atomic mass is 9.93. The molecule has 1 aromatic carbocycles. The summed E-state index contributed by atoms with van der Waals surface area (Å²) in [5, 5.41) is 25.8. The Balaban J connectivity index is 1.20. The zero-order valence-corrected chi connectivity index (χ0v) is 23.9. The molecule has 0 radical (unpaired) electrons. The summed E-state index contributed by atoms with van der Waals surface area (Å²) in [4.78, 5) is 12.5. The summed E-state index contributed by atoms with van der Waals surface area (Å²) in [7, 11) is 0. The summed E-state index contributed by atoms with van der Waals surface area (Å²) >= 11 is 1.38. The van der Waals surface area contributed by atoms with E-state index in [0.717, 1.165) is 56.7 Å². The number of anilines is 3. The van der Waals surface area contributed by atoms with Gasteiger partial charge in [0.05, 0.1) is 24.5 Å². The molecule has 0 unspecified atom stereocenters. The van der Waals surface area contributed by atoms with Gasteiger partial charge in [-0.3, -0.25) is 4.90 Å². The van der Waals surface area contributed by atoms with Gasteiger partial charge in [0, 0.05) is 31.2 Å². The lowest BCUT2D eigenvalue weighted by Gasteiger charge is -2.35. The van der Waals surface area contributed by atoms with Gasteiger partial charge in [-0.05, 0) is 81.5 Å². The van der Waals surface area contributed by atoms with E-state index in [9.17, 15) is 9.50 Å². The van der Waals surface area contributed by atoms with Crippen molar-refractivity contribution in [3.05, 3.63) is 54.0 Å². The monoisotopic (exact) mass is 579 g/mol. The molecule has 0 bridgehead atoms. The number of morpholine rings is 1. The number of aliphatic hydroxyl groups excluding tert-OH is 1. The molecule has 12 heteroatoms. The van der Waals surface area contributed by atoms with Crippen LogP contribution in [0.3, 0.4) is 0 Å². The van der Waals surface area contributed by atoms with Gasteiger partial charge in [0.15, 0.2) is 5.13 Å². The molecular weight excluding hydrogens is 545 g/mol. The van der Waals surface area contributed by atoms with Gasteiger partial charge < -0.3 is 24.9 Å². The number of nitrogens with one attached hydrogen (secondary N) is 2. The van der Waals surface area contributed by atoms with Crippen LogP contribution >= 0.6 is 11.3 Å². The number of aliphatic hydroxyl groups is 1. The van der Waals surface area contributed by atoms with Gasteiger partial charge in [0.25, 0.3) is 5.89 Å². The van der Waals surface area contributed by atoms with Crippen LogP contribution in [0, 0.1) is 5.82 Å². The first-order chi connectivity index (χ1) is 19.9. The molecule has 6 rings (SSSR count). The Kier molecular flexibility index (Phi) is 8.24. The van der Waals surface area contributed by atoms with Crippen molar-refractivity contribution in [2.24, 2.45) is 0 Å². The first-order valence-electron chi connectivity index (χ1n) is 14.0. The lowest BCUT2D eigenvalue weighted by Crippen LogP contribution is -2.44. The van der Waals surface area contributed by atoms with Crippen molar-refractivity contribution in [3.8, 4) is 22.2 Å². The number of aromatic nitrogens is 4. The molecule has 1 saturated carbocycles. The molecule has 1 aliphatic carbocycles. The van der Waals surface area contributed by atoms with Gasteiger partial charge in [0.1, 0.15) is 22.3 Å². The van der Waals surface area contributed by atoms with Crippen LogP contribution in [-0.2, 0) is 11.3 Å². The number of hydrogen-bond donors (Lipinski definition) is 3. The standard InChI is InChI=1S/C29H34FN7O3S/c1-17-14-37(15-18(2)39-17)16-19-11-25(32-22-7-9-23(38)10-8-22)33-26(12-19)34-29-31-13-24(41-29)28-36-35-27(40-28)20-3-5-21(30)6-4-20/h3-6,11-13,17-18,22-23,38H,7-10,14-16H2,1-2H3,(H2,31,32,33,34)/t17-,18+,22?,23?. The minimum atomic E-state index is -0.325. The number of ether oxygens (including phenoxy) is 1. The second-order valence-electron chi connectivity index (χ2n) is 10.9. The summed E-state index contributed by atoms with van der Waals surface area (Å²) < 4.78 is 25.0. The van der Waals surface area contributed by atoms with Crippen molar-refractivity contribution in [1.29, 1.82) is 0 Å². The van der Waals surface area contributed by atoms with E-state index in [2.05, 4.69) is 56.7 Å². The van der Waals surface area contributed by atoms with Crippen LogP contribution in [0.25, 0.3) is 22.2 Å². The maximum absolute atomic E-state index is 13.3. The van der Waals surface area contributed by atoms with Crippen molar-refractivity contribution >= 4 is 28.1 Å². The highest BCUT2D eigenvalue weighted by Gasteiger charge is 2.24. The molecule has 1 saturated heterocycles. The lowest BCUT2D eigenvalue weighted by molar-refractivity contribution is -0.0704. The van der Waals surface area contributed by atoms with Crippen LogP contribution < -0.4 is 10.6 Å². The number of thiazole rings is 1. The number of rotatable bonds is 8. The number of pyridine rings is 1. The molecule has 2 fully saturated rings. The summed E-state index contributed by atoms with van der Waals surface area (Å²) in [6.07, 6.45) is 5.26. The van der Waals surface area contributed by atoms with Crippen LogP contribution in [0.2, 0.25) is 0 Å². The van der Waals surface area contributed by atoms with Crippen molar-refractivity contribution in [3.63, 3.8) is 0 Å². The topological polar surface area (TPSA) is 121 Å². The zero-order chi connectivity index (χ0) is 28.3. The first kappa shape index (κ1) is 27.7. The maximum atomic E-state index is 13.3. The number of nitrogens with zero attached hydrogens (tertiary/aromatic N) is 5. The third kappa shape index (κ3) is 7.07. The minimum absolute atomic E-state index is 0.187. The van der Waals surface area contributed by atoms with Crippen LogP contribution in [-0.4, -0.2) is 67.6 Å². The first-order valence-corrected chi connectivity index (χ1v) is 14.8. The fourth-order valence-corrected chi connectivity index (χ4v) is 6.23. The highest BCUT2D eigenvalue weighted by molar-refractivity contribution is 7.18. The average Bonchev–Trinajstić information content (AvgIpc) is 3.60. The zero-order valence-electron chi connectivity index (χ0n) is 23.1. The van der Waals surface area contributed by atoms with Crippen molar-refractivity contribution < 1.29 is 18.7 Å². The molecule has 1 aliphatic heterocycles. The Hall–Kier alpha value is -3.45. The molecule has 216 valence electrons. The van der Waals surface area contributed by atoms with Gasteiger partial charge >= 0.3 is 0 Å². The predicted octanol–water partition coefficient (Wildman–Crippen LogP) is 5.46. The van der Waals surface area contributed by atoms with Crippen molar-refractivity contribution in [2.45, 2.75) is 70.4 Å². The maximum Gasteiger partial charge on any atom is 0.259 e. The van der Waals surface area contributed by atoms with Crippen molar-refractivity contribution in [1.82, 2.24) is 25.1 Å². The number of halogens is 1. The summed E-state index contributed by atoms with van der Waals surface area (Å²) in [5.74, 6) is 1.82. The molecule has 10 nitrogen and oxygen atoms in total. The fraction of sp³-hybridized carbons (Fsp3) is 0.448. The van der Waals surface area contributed by atoms with Crippen molar-refractivity contribution in [2.75, 3.05) is 23.7 Å². The molecule has 0 amide bonds. The minimum Gasteiger partial charge on any atom is -0.415 e. The second-order valence-corrected chi connectivity index (χ2v) is 12.0. The Morgan fingerprint density at radius 2 is 1.71 bits per heavy atom. The molecule has 0 spiro atoms. The van der Waals surface area contributed by atoms with E-state index in [0.29, 0.717) is 33.2 Å². The Morgan fingerprint density at radius 3 is 2.46 bits per heavy atom. The molecule has 3 aromatic heterocycles. The third-order valence-corrected chi connectivity index (χ3v) is 8.20. The number of hydrogen-bond acceptors (Lipinski definition) is 11. The second kappa shape index (κ2) is 12.2. The average molecular weight is 580 g/mol. The molecule has 4 heterocycles. The van der Waals surface area contributed by atoms with E-state index in [-0.39, 0.29) is 30.2 Å². The highest BCUT2D eigenvalue weighted by atomic mass is 32.1. The highest BCUT2D eigenvalue weighted by Crippen LogP contribution is 2.32. The SMILES string of the molecule is C[C@@H]1CN(Cc2cc(Nc3ncc(-c4nnc(-c5ccc(F)cc5)o4)s3)nc(NC3CCC(O)CC3)c2)C[C@H](C)O1. The summed E-state index contributed by atoms with van der Waals surface area (Å²) in [6.45, 7) is 6.75. The van der Waals surface area contributed by atoms with Gasteiger partial charge in [0.2, 0.25) is 5.89 Å². The molecule has 41 heavy (non-hydrogen) atoms. The van der Waals surface area contributed by atoms with Gasteiger partial charge in [-0.2, -0.15) is 0 Å². The van der Waals surface area contributed by atoms with E-state index in [1.165, 1.54) is 23.5 Å². The van der Waals surface area contributed by atoms with Crippen LogP contribution in [0.4, 0.5) is 21.2 Å². The van der Waals surface area contributed by atoms with E-state index >= 15 is 0 Å². The van der Waals surface area contributed by atoms with E-state index in [1.807, 2.05) is 0 Å². The Morgan fingerprint density at radius 1 is 1.00 bits per heavy atom. The fourth-order valence-electron chi connectivity index (χ4n) is 5.49. The van der Waals surface area contributed by atoms with E-state index < -0.39 is 0 Å². The predicted molar refractivity (Wildman–Crippen MR) is 155 cm³/mol. The summed E-state index contributed by atoms with van der Waals surface area (Å²) in [6, 6.07) is 10.4. The van der Waals surface area contributed by atoms with E-state index in [4.69, 9.17) is 14.1 Å². The molecule has 2 atom stereocenters. The Labute approximate surface area is 242 Å². The third-order valence-electron chi connectivity index (χ3n) is 7.30. The molecule has 4 aromatic rings. The molecule has 2 aliphatic rings. The molecular formula is C29H34FN7O3S. The molecule has 3 N–H and O–H groups in total. The van der Waals surface area contributed by atoms with E-state index in [1.54, 1.807) is 18.3 Å². The van der Waals surface area contributed by atoms with Gasteiger partial charge in [-0.25, -0.2) is 14.4 Å². The smallest absolute Gasteiger partial charge is 0.259 e. The quantitative estimate of drug-likeness (QED) is 0.248.